The van der Waals surface area contributed by atoms with Crippen molar-refractivity contribution in [2.24, 2.45) is 5.92 Å². The molecule has 0 saturated carbocycles. The lowest BCUT2D eigenvalue weighted by Gasteiger charge is -2.30. The number of unbranched alkanes of at least 4 members (excludes halogenated alkanes) is 2. The summed E-state index contributed by atoms with van der Waals surface area (Å²) in [4.78, 5) is 6.46. The van der Waals surface area contributed by atoms with Crippen LogP contribution in [0.15, 0.2) is 0 Å². The highest BCUT2D eigenvalue weighted by atomic mass is 16.3. The third-order valence-electron chi connectivity index (χ3n) is 5.79. The molecule has 31 heavy (non-hydrogen) atoms. The second-order valence-electron chi connectivity index (χ2n) is 8.16. The second kappa shape index (κ2) is 22.8. The first-order chi connectivity index (χ1) is 15.1. The highest BCUT2D eigenvalue weighted by molar-refractivity contribution is 4.70. The van der Waals surface area contributed by atoms with Crippen LogP contribution in [0, 0.1) is 5.92 Å². The van der Waals surface area contributed by atoms with E-state index < -0.39 is 0 Å². The van der Waals surface area contributed by atoms with Crippen LogP contribution >= 0.6 is 0 Å². The standard InChI is InChI=1S/C22H49N3O6/c26-16-3-1-2-4-22(6-17-27)5-7-23(8-10-24(12-18-28)13-19-29)9-11-25(14-20-30)15-21-31/h22,26-31H,1-21H2. The fraction of sp³-hybridized carbons (Fsp3) is 1.00. The molecule has 0 amide bonds. The van der Waals surface area contributed by atoms with Crippen LogP contribution in [0.4, 0.5) is 0 Å². The van der Waals surface area contributed by atoms with Gasteiger partial charge in [0.1, 0.15) is 0 Å². The molecule has 0 aliphatic rings. The molecule has 188 valence electrons. The van der Waals surface area contributed by atoms with Crippen LogP contribution < -0.4 is 0 Å². The van der Waals surface area contributed by atoms with E-state index in [1.54, 1.807) is 0 Å². The lowest BCUT2D eigenvalue weighted by Crippen LogP contribution is -2.42. The minimum Gasteiger partial charge on any atom is -0.396 e. The predicted octanol–water partition coefficient (Wildman–Crippen LogP) is -1.20. The first-order valence-corrected chi connectivity index (χ1v) is 12.0. The summed E-state index contributed by atoms with van der Waals surface area (Å²) in [6.45, 7) is 6.82. The zero-order valence-electron chi connectivity index (χ0n) is 19.5. The third kappa shape index (κ3) is 17.8. The number of aliphatic hydroxyl groups is 6. The third-order valence-corrected chi connectivity index (χ3v) is 5.79. The van der Waals surface area contributed by atoms with E-state index in [-0.39, 0.29) is 39.6 Å². The number of hydrogen-bond acceptors (Lipinski definition) is 9. The second-order valence-corrected chi connectivity index (χ2v) is 8.16. The van der Waals surface area contributed by atoms with Crippen LogP contribution in [0.3, 0.4) is 0 Å². The maximum Gasteiger partial charge on any atom is 0.0558 e. The summed E-state index contributed by atoms with van der Waals surface area (Å²) in [6.07, 6.45) is 5.73. The van der Waals surface area contributed by atoms with Gasteiger partial charge < -0.3 is 35.5 Å². The SMILES string of the molecule is OCCCCCC(CCO)CCN(CCN(CCO)CCO)CCN(CCO)CCO. The fourth-order valence-corrected chi connectivity index (χ4v) is 3.84. The average molecular weight is 452 g/mol. The zero-order valence-corrected chi connectivity index (χ0v) is 19.5. The fourth-order valence-electron chi connectivity index (χ4n) is 3.84. The molecule has 0 bridgehead atoms. The molecule has 9 heteroatoms. The van der Waals surface area contributed by atoms with Crippen molar-refractivity contribution in [3.05, 3.63) is 0 Å². The maximum absolute atomic E-state index is 9.43. The highest BCUT2D eigenvalue weighted by Gasteiger charge is 2.15. The molecule has 1 unspecified atom stereocenters. The summed E-state index contributed by atoms with van der Waals surface area (Å²) in [5.74, 6) is 0.447. The minimum atomic E-state index is 0.0627. The van der Waals surface area contributed by atoms with E-state index >= 15 is 0 Å². The molecule has 0 radical (unpaired) electrons. The van der Waals surface area contributed by atoms with Gasteiger partial charge in [-0.05, 0) is 31.7 Å². The van der Waals surface area contributed by atoms with Crippen molar-refractivity contribution in [3.8, 4) is 0 Å². The van der Waals surface area contributed by atoms with Gasteiger partial charge in [-0.2, -0.15) is 0 Å². The lowest BCUT2D eigenvalue weighted by atomic mass is 9.94. The molecule has 9 nitrogen and oxygen atoms in total. The van der Waals surface area contributed by atoms with Gasteiger partial charge in [-0.3, -0.25) is 9.80 Å². The van der Waals surface area contributed by atoms with Crippen LogP contribution in [0.2, 0.25) is 0 Å². The van der Waals surface area contributed by atoms with E-state index in [2.05, 4.69) is 4.90 Å². The van der Waals surface area contributed by atoms with Crippen molar-refractivity contribution in [2.75, 3.05) is 98.5 Å². The first-order valence-electron chi connectivity index (χ1n) is 12.0. The van der Waals surface area contributed by atoms with Crippen molar-refractivity contribution < 1.29 is 30.6 Å². The van der Waals surface area contributed by atoms with Gasteiger partial charge >= 0.3 is 0 Å². The maximum atomic E-state index is 9.43. The van der Waals surface area contributed by atoms with Gasteiger partial charge in [0.15, 0.2) is 0 Å². The van der Waals surface area contributed by atoms with Crippen molar-refractivity contribution in [1.82, 2.24) is 14.7 Å². The number of hydrogen-bond donors (Lipinski definition) is 6. The Hall–Kier alpha value is -0.360. The number of nitrogens with zero attached hydrogens (tertiary/aromatic N) is 3. The quantitative estimate of drug-likeness (QED) is 0.100. The van der Waals surface area contributed by atoms with Gasteiger partial charge in [0.05, 0.1) is 26.4 Å². The van der Waals surface area contributed by atoms with E-state index in [1.807, 2.05) is 9.80 Å². The van der Waals surface area contributed by atoms with Gasteiger partial charge in [-0.15, -0.1) is 0 Å². The van der Waals surface area contributed by atoms with Crippen molar-refractivity contribution in [2.45, 2.75) is 38.5 Å². The molecule has 0 heterocycles. The molecule has 6 N–H and O–H groups in total. The van der Waals surface area contributed by atoms with Crippen molar-refractivity contribution in [1.29, 1.82) is 0 Å². The van der Waals surface area contributed by atoms with Crippen LogP contribution in [0.1, 0.15) is 38.5 Å². The van der Waals surface area contributed by atoms with Crippen LogP contribution in [0.5, 0.6) is 0 Å². The lowest BCUT2D eigenvalue weighted by molar-refractivity contribution is 0.120. The minimum absolute atomic E-state index is 0.0627. The molecule has 0 fully saturated rings. The molecule has 0 rings (SSSR count). The summed E-state index contributed by atoms with van der Waals surface area (Å²) >= 11 is 0. The van der Waals surface area contributed by atoms with Gasteiger partial charge in [0.2, 0.25) is 0 Å². The molecule has 0 aromatic rings. The monoisotopic (exact) mass is 451 g/mol. The predicted molar refractivity (Wildman–Crippen MR) is 123 cm³/mol. The average Bonchev–Trinajstić information content (AvgIpc) is 2.76. The summed E-state index contributed by atoms with van der Waals surface area (Å²) in [5.41, 5.74) is 0. The van der Waals surface area contributed by atoms with E-state index in [0.29, 0.717) is 32.1 Å². The summed E-state index contributed by atoms with van der Waals surface area (Å²) < 4.78 is 0. The summed E-state index contributed by atoms with van der Waals surface area (Å²) in [6, 6.07) is 0. The van der Waals surface area contributed by atoms with Crippen LogP contribution in [-0.4, -0.2) is 144 Å². The zero-order chi connectivity index (χ0) is 23.2. The van der Waals surface area contributed by atoms with Crippen LogP contribution in [0.25, 0.3) is 0 Å². The van der Waals surface area contributed by atoms with E-state index in [4.69, 9.17) is 5.11 Å². The summed E-state index contributed by atoms with van der Waals surface area (Å²) in [5, 5.41) is 55.4. The Balaban J connectivity index is 4.79. The Morgan fingerprint density at radius 2 is 0.806 bits per heavy atom. The van der Waals surface area contributed by atoms with Crippen LogP contribution in [-0.2, 0) is 0 Å². The van der Waals surface area contributed by atoms with Gasteiger partial charge in [0, 0.05) is 65.6 Å². The molecule has 0 saturated heterocycles. The Kier molecular flexibility index (Phi) is 22.6. The highest BCUT2D eigenvalue weighted by Crippen LogP contribution is 2.18. The number of aliphatic hydroxyl groups excluding tert-OH is 6. The summed E-state index contributed by atoms with van der Waals surface area (Å²) in [7, 11) is 0. The van der Waals surface area contributed by atoms with Gasteiger partial charge in [-0.25, -0.2) is 0 Å². The molecule has 0 spiro atoms. The van der Waals surface area contributed by atoms with Crippen molar-refractivity contribution >= 4 is 0 Å². The Morgan fingerprint density at radius 3 is 1.19 bits per heavy atom. The number of rotatable bonds is 24. The van der Waals surface area contributed by atoms with Gasteiger partial charge in [-0.1, -0.05) is 19.3 Å². The largest absolute Gasteiger partial charge is 0.396 e. The molecule has 0 aromatic heterocycles. The molecular weight excluding hydrogens is 402 g/mol. The molecule has 0 aliphatic heterocycles. The normalized spacial score (nSPS) is 13.1. The first kappa shape index (κ1) is 30.6. The van der Waals surface area contributed by atoms with E-state index in [9.17, 15) is 25.5 Å². The molecule has 0 aromatic carbocycles. The molecule has 0 aliphatic carbocycles. The van der Waals surface area contributed by atoms with E-state index in [0.717, 1.165) is 71.2 Å². The Labute approximate surface area is 188 Å². The smallest absolute Gasteiger partial charge is 0.0558 e. The van der Waals surface area contributed by atoms with E-state index in [1.165, 1.54) is 0 Å². The topological polar surface area (TPSA) is 131 Å². The van der Waals surface area contributed by atoms with Gasteiger partial charge in [0.25, 0.3) is 0 Å². The van der Waals surface area contributed by atoms with Crippen molar-refractivity contribution in [3.63, 3.8) is 0 Å². The Bertz CT molecular complexity index is 336. The Morgan fingerprint density at radius 1 is 0.355 bits per heavy atom. The molecule has 1 atom stereocenters. The molecular formula is C22H49N3O6.